The maximum Gasteiger partial charge on any atom is 0.134 e. The molecule has 2 atom stereocenters. The summed E-state index contributed by atoms with van der Waals surface area (Å²) in [6, 6.07) is 0. The van der Waals surface area contributed by atoms with Crippen LogP contribution in [0.1, 0.15) is 20.3 Å². The van der Waals surface area contributed by atoms with Crippen LogP contribution in [0.25, 0.3) is 0 Å². The Hall–Kier alpha value is -0.370. The lowest BCUT2D eigenvalue weighted by atomic mass is 9.89. The van der Waals surface area contributed by atoms with Crippen LogP contribution < -0.4 is 5.32 Å². The minimum Gasteiger partial charge on any atom is -0.316 e. The fourth-order valence-corrected chi connectivity index (χ4v) is 1.47. The van der Waals surface area contributed by atoms with Gasteiger partial charge in [0.2, 0.25) is 0 Å². The zero-order valence-corrected chi connectivity index (χ0v) is 6.68. The van der Waals surface area contributed by atoms with E-state index in [1.54, 1.807) is 6.92 Å². The molecule has 0 spiro atoms. The van der Waals surface area contributed by atoms with Crippen molar-refractivity contribution >= 4 is 5.78 Å². The Morgan fingerprint density at radius 2 is 2.20 bits per heavy atom. The maximum atomic E-state index is 10.9. The number of carbonyl (C=O) groups is 1. The van der Waals surface area contributed by atoms with Crippen molar-refractivity contribution in [2.75, 3.05) is 13.1 Å². The molecule has 10 heavy (non-hydrogen) atoms. The summed E-state index contributed by atoms with van der Waals surface area (Å²) in [7, 11) is 0. The lowest BCUT2D eigenvalue weighted by Crippen LogP contribution is -2.37. The van der Waals surface area contributed by atoms with E-state index in [9.17, 15) is 4.79 Å². The van der Waals surface area contributed by atoms with Crippen molar-refractivity contribution in [2.45, 2.75) is 20.3 Å². The summed E-state index contributed by atoms with van der Waals surface area (Å²) in [5.41, 5.74) is 0. The third-order valence-corrected chi connectivity index (χ3v) is 2.15. The molecule has 0 unspecified atom stereocenters. The first-order chi connectivity index (χ1) is 4.70. The largest absolute Gasteiger partial charge is 0.316 e. The first-order valence-electron chi connectivity index (χ1n) is 3.91. The highest BCUT2D eigenvalue weighted by Gasteiger charge is 2.21. The fourth-order valence-electron chi connectivity index (χ4n) is 1.47. The van der Waals surface area contributed by atoms with Crippen LogP contribution in [-0.4, -0.2) is 18.9 Å². The van der Waals surface area contributed by atoms with Crippen molar-refractivity contribution < 1.29 is 4.79 Å². The number of Topliss-reactive ketones (excluding diaryl/α,β-unsaturated/α-hetero) is 1. The molecule has 1 heterocycles. The second-order valence-electron chi connectivity index (χ2n) is 3.31. The van der Waals surface area contributed by atoms with Gasteiger partial charge in [-0.3, -0.25) is 4.79 Å². The quantitative estimate of drug-likeness (QED) is 0.585. The van der Waals surface area contributed by atoms with Crippen LogP contribution >= 0.6 is 0 Å². The van der Waals surface area contributed by atoms with Gasteiger partial charge in [0.05, 0.1) is 0 Å². The zero-order chi connectivity index (χ0) is 7.56. The fraction of sp³-hybridized carbons (Fsp3) is 0.875. The molecule has 1 N–H and O–H groups in total. The molecule has 0 amide bonds. The highest BCUT2D eigenvalue weighted by atomic mass is 16.1. The zero-order valence-electron chi connectivity index (χ0n) is 6.68. The molecule has 1 rings (SSSR count). The van der Waals surface area contributed by atoms with E-state index in [1.807, 2.05) is 0 Å². The molecule has 1 fully saturated rings. The van der Waals surface area contributed by atoms with Crippen molar-refractivity contribution in [1.29, 1.82) is 0 Å². The van der Waals surface area contributed by atoms with Gasteiger partial charge in [-0.15, -0.1) is 0 Å². The van der Waals surface area contributed by atoms with Gasteiger partial charge in [-0.2, -0.15) is 0 Å². The number of hydrogen-bond donors (Lipinski definition) is 1. The molecule has 0 radical (unpaired) electrons. The Balaban J connectivity index is 2.39. The number of rotatable bonds is 1. The predicted octanol–water partition coefficient (Wildman–Crippen LogP) is 0.821. The minimum absolute atomic E-state index is 0.281. The monoisotopic (exact) mass is 141 g/mol. The van der Waals surface area contributed by atoms with Crippen molar-refractivity contribution in [3.05, 3.63) is 0 Å². The summed E-state index contributed by atoms with van der Waals surface area (Å²) in [6.07, 6.45) is 1.07. The van der Waals surface area contributed by atoms with Gasteiger partial charge in [0.1, 0.15) is 5.78 Å². The molecule has 0 bridgehead atoms. The molecule has 0 aromatic rings. The van der Waals surface area contributed by atoms with E-state index in [1.165, 1.54) is 0 Å². The normalized spacial score (nSPS) is 33.8. The van der Waals surface area contributed by atoms with Gasteiger partial charge in [0.15, 0.2) is 0 Å². The average Bonchev–Trinajstić information content (AvgIpc) is 1.88. The topological polar surface area (TPSA) is 29.1 Å². The van der Waals surface area contributed by atoms with E-state index in [4.69, 9.17) is 0 Å². The van der Waals surface area contributed by atoms with Crippen molar-refractivity contribution in [2.24, 2.45) is 11.8 Å². The van der Waals surface area contributed by atoms with Gasteiger partial charge in [-0.25, -0.2) is 0 Å². The van der Waals surface area contributed by atoms with Crippen molar-refractivity contribution in [3.63, 3.8) is 0 Å². The molecular formula is C8H15NO. The van der Waals surface area contributed by atoms with E-state index in [0.717, 1.165) is 19.5 Å². The van der Waals surface area contributed by atoms with Crippen LogP contribution in [0.4, 0.5) is 0 Å². The summed E-state index contributed by atoms with van der Waals surface area (Å²) in [4.78, 5) is 10.9. The SMILES string of the molecule is CC(=O)[C@@H]1CNC[C@H](C)C1. The summed E-state index contributed by atoms with van der Waals surface area (Å²) < 4.78 is 0. The second kappa shape index (κ2) is 3.15. The summed E-state index contributed by atoms with van der Waals surface area (Å²) in [5, 5.41) is 3.25. The number of piperidine rings is 1. The molecule has 1 saturated heterocycles. The third-order valence-electron chi connectivity index (χ3n) is 2.15. The van der Waals surface area contributed by atoms with Crippen LogP contribution in [0.5, 0.6) is 0 Å². The molecule has 0 aromatic heterocycles. The summed E-state index contributed by atoms with van der Waals surface area (Å²) in [6.45, 7) is 5.83. The minimum atomic E-state index is 0.281. The van der Waals surface area contributed by atoms with Crippen LogP contribution in [-0.2, 0) is 4.79 Å². The Bertz CT molecular complexity index is 133. The van der Waals surface area contributed by atoms with E-state index < -0.39 is 0 Å². The Labute approximate surface area is 62.0 Å². The Kier molecular flexibility index (Phi) is 2.44. The molecule has 58 valence electrons. The lowest BCUT2D eigenvalue weighted by Gasteiger charge is -2.25. The maximum absolute atomic E-state index is 10.9. The molecule has 1 aliphatic rings. The van der Waals surface area contributed by atoms with Crippen LogP contribution in [0, 0.1) is 11.8 Å². The van der Waals surface area contributed by atoms with Crippen molar-refractivity contribution in [3.8, 4) is 0 Å². The van der Waals surface area contributed by atoms with Crippen LogP contribution in [0.2, 0.25) is 0 Å². The van der Waals surface area contributed by atoms with Gasteiger partial charge in [0, 0.05) is 12.5 Å². The van der Waals surface area contributed by atoms with Crippen LogP contribution in [0.3, 0.4) is 0 Å². The summed E-state index contributed by atoms with van der Waals surface area (Å²) in [5.74, 6) is 1.28. The molecule has 0 aliphatic carbocycles. The van der Waals surface area contributed by atoms with Crippen LogP contribution in [0.15, 0.2) is 0 Å². The molecule has 1 aliphatic heterocycles. The van der Waals surface area contributed by atoms with E-state index in [0.29, 0.717) is 11.7 Å². The molecule has 0 saturated carbocycles. The first kappa shape index (κ1) is 7.73. The third kappa shape index (κ3) is 1.81. The second-order valence-corrected chi connectivity index (χ2v) is 3.31. The van der Waals surface area contributed by atoms with E-state index in [2.05, 4.69) is 12.2 Å². The molecular weight excluding hydrogens is 126 g/mol. The number of carbonyl (C=O) groups excluding carboxylic acids is 1. The smallest absolute Gasteiger partial charge is 0.134 e. The standard InChI is InChI=1S/C8H15NO/c1-6-3-8(7(2)10)5-9-4-6/h6,8-9H,3-5H2,1-2H3/t6-,8+/m1/s1. The Morgan fingerprint density at radius 3 is 2.60 bits per heavy atom. The molecule has 2 nitrogen and oxygen atoms in total. The van der Waals surface area contributed by atoms with Gasteiger partial charge in [-0.05, 0) is 25.8 Å². The van der Waals surface area contributed by atoms with Gasteiger partial charge in [0.25, 0.3) is 0 Å². The summed E-state index contributed by atoms with van der Waals surface area (Å²) >= 11 is 0. The number of nitrogens with one attached hydrogen (secondary N) is 1. The molecule has 2 heteroatoms. The van der Waals surface area contributed by atoms with Gasteiger partial charge < -0.3 is 5.32 Å². The van der Waals surface area contributed by atoms with Gasteiger partial charge >= 0.3 is 0 Å². The van der Waals surface area contributed by atoms with E-state index >= 15 is 0 Å². The highest BCUT2D eigenvalue weighted by molar-refractivity contribution is 5.78. The average molecular weight is 141 g/mol. The number of hydrogen-bond acceptors (Lipinski definition) is 2. The van der Waals surface area contributed by atoms with Gasteiger partial charge in [-0.1, -0.05) is 6.92 Å². The van der Waals surface area contributed by atoms with E-state index in [-0.39, 0.29) is 5.92 Å². The predicted molar refractivity (Wildman–Crippen MR) is 40.8 cm³/mol. The lowest BCUT2D eigenvalue weighted by molar-refractivity contribution is -0.121. The molecule has 0 aromatic carbocycles. The van der Waals surface area contributed by atoms with Crippen molar-refractivity contribution in [1.82, 2.24) is 5.32 Å². The Morgan fingerprint density at radius 1 is 1.50 bits per heavy atom. The number of ketones is 1. The first-order valence-corrected chi connectivity index (χ1v) is 3.91. The highest BCUT2D eigenvalue weighted by Crippen LogP contribution is 2.15.